The number of amides is 1. The number of aliphatic hydroxyl groups excluding tert-OH is 1. The molecule has 1 fully saturated rings. The number of aliphatic hydroxyl groups is 1. The van der Waals surface area contributed by atoms with Gasteiger partial charge in [-0.25, -0.2) is 0 Å². The van der Waals surface area contributed by atoms with Crippen LogP contribution in [0.2, 0.25) is 0 Å². The number of aromatic nitrogens is 2. The average molecular weight is 307 g/mol. The van der Waals surface area contributed by atoms with Crippen LogP contribution >= 0.6 is 0 Å². The lowest BCUT2D eigenvalue weighted by Crippen LogP contribution is -2.44. The fourth-order valence-electron chi connectivity index (χ4n) is 2.39. The number of hydrogen-bond donors (Lipinski definition) is 2. The van der Waals surface area contributed by atoms with Gasteiger partial charge in [-0.05, 0) is 26.2 Å². The van der Waals surface area contributed by atoms with E-state index in [1.807, 2.05) is 5.32 Å². The summed E-state index contributed by atoms with van der Waals surface area (Å²) in [5.74, 6) is -1.77. The number of carbonyl (C=O) groups is 1. The van der Waals surface area contributed by atoms with E-state index in [9.17, 15) is 23.1 Å². The van der Waals surface area contributed by atoms with Crippen molar-refractivity contribution < 1.29 is 27.5 Å². The topological polar surface area (TPSA) is 88.3 Å². The van der Waals surface area contributed by atoms with E-state index >= 15 is 0 Å². The van der Waals surface area contributed by atoms with Crippen molar-refractivity contribution in [2.75, 3.05) is 0 Å². The van der Waals surface area contributed by atoms with Crippen LogP contribution in [0.3, 0.4) is 0 Å². The minimum atomic E-state index is -4.88. The number of carbonyl (C=O) groups excluding carboxylic acids is 1. The Bertz CT molecular complexity index is 501. The summed E-state index contributed by atoms with van der Waals surface area (Å²) in [7, 11) is 0. The first kappa shape index (κ1) is 15.7. The Morgan fingerprint density at radius 2 is 2.14 bits per heavy atom. The van der Waals surface area contributed by atoms with E-state index in [0.717, 1.165) is 0 Å². The van der Waals surface area contributed by atoms with Gasteiger partial charge in [0.1, 0.15) is 6.10 Å². The van der Waals surface area contributed by atoms with Crippen LogP contribution in [0.1, 0.15) is 56.4 Å². The van der Waals surface area contributed by atoms with Gasteiger partial charge in [-0.15, -0.1) is 10.2 Å². The summed E-state index contributed by atoms with van der Waals surface area (Å²) in [6.45, 7) is 1.48. The van der Waals surface area contributed by atoms with Crippen LogP contribution in [0.5, 0.6) is 0 Å². The largest absolute Gasteiger partial charge is 0.471 e. The molecule has 0 saturated heterocycles. The highest BCUT2D eigenvalue weighted by Crippen LogP contribution is 2.33. The van der Waals surface area contributed by atoms with Gasteiger partial charge in [0.15, 0.2) is 0 Å². The van der Waals surface area contributed by atoms with Gasteiger partial charge in [-0.3, -0.25) is 4.79 Å². The fraction of sp³-hybridized carbons (Fsp3) is 0.750. The molecule has 6 nitrogen and oxygen atoms in total. The third-order valence-corrected chi connectivity index (χ3v) is 3.43. The van der Waals surface area contributed by atoms with Crippen LogP contribution in [-0.2, 0) is 4.79 Å². The van der Waals surface area contributed by atoms with Crippen molar-refractivity contribution in [2.45, 2.75) is 56.8 Å². The van der Waals surface area contributed by atoms with Crippen molar-refractivity contribution in [3.05, 3.63) is 11.8 Å². The van der Waals surface area contributed by atoms with Gasteiger partial charge < -0.3 is 14.8 Å². The summed E-state index contributed by atoms with van der Waals surface area (Å²) < 4.78 is 42.0. The van der Waals surface area contributed by atoms with E-state index in [1.54, 1.807) is 0 Å². The average Bonchev–Trinajstić information content (AvgIpc) is 2.87. The van der Waals surface area contributed by atoms with Crippen molar-refractivity contribution in [1.29, 1.82) is 0 Å². The Balaban J connectivity index is 1.98. The summed E-state index contributed by atoms with van der Waals surface area (Å²) >= 11 is 0. The first-order chi connectivity index (χ1) is 9.77. The van der Waals surface area contributed by atoms with E-state index in [4.69, 9.17) is 4.42 Å². The van der Waals surface area contributed by atoms with Gasteiger partial charge >= 0.3 is 12.1 Å². The smallest absolute Gasteiger partial charge is 0.422 e. The Morgan fingerprint density at radius 1 is 1.43 bits per heavy atom. The van der Waals surface area contributed by atoms with Crippen LogP contribution in [0.25, 0.3) is 0 Å². The van der Waals surface area contributed by atoms with Gasteiger partial charge in [-0.2, -0.15) is 13.2 Å². The zero-order valence-electron chi connectivity index (χ0n) is 11.4. The van der Waals surface area contributed by atoms with Crippen molar-refractivity contribution in [2.24, 2.45) is 0 Å². The lowest BCUT2D eigenvalue weighted by molar-refractivity contribution is -0.174. The highest BCUT2D eigenvalue weighted by Gasteiger charge is 2.40. The molecule has 2 unspecified atom stereocenters. The minimum absolute atomic E-state index is 0.0754. The molecule has 0 aliphatic heterocycles. The maximum absolute atomic E-state index is 12.2. The standard InChI is InChI=1S/C12H16F3N3O3/c1-6(19)9-17-18-10(21-9)7-3-2-4-8(5-7)16-11(20)12(13,14)15/h6-8,19H,2-5H2,1H3,(H,16,20)/t6-,7?,8?/m1/s1. The van der Waals surface area contributed by atoms with E-state index in [2.05, 4.69) is 10.2 Å². The van der Waals surface area contributed by atoms with E-state index in [-0.39, 0.29) is 17.7 Å². The van der Waals surface area contributed by atoms with Gasteiger partial charge in [-0.1, -0.05) is 6.42 Å². The molecule has 0 spiro atoms. The molecule has 2 rings (SSSR count). The number of rotatable bonds is 3. The summed E-state index contributed by atoms with van der Waals surface area (Å²) in [5, 5.41) is 18.8. The molecule has 9 heteroatoms. The first-order valence-electron chi connectivity index (χ1n) is 6.66. The van der Waals surface area contributed by atoms with Gasteiger partial charge in [0, 0.05) is 12.0 Å². The molecule has 3 atom stereocenters. The van der Waals surface area contributed by atoms with Crippen LogP contribution < -0.4 is 5.32 Å². The normalized spacial score (nSPS) is 24.6. The molecule has 1 aliphatic rings. The molecule has 1 aliphatic carbocycles. The molecule has 1 aromatic rings. The highest BCUT2D eigenvalue weighted by atomic mass is 19.4. The first-order valence-corrected chi connectivity index (χ1v) is 6.66. The predicted molar refractivity (Wildman–Crippen MR) is 64.1 cm³/mol. The molecule has 0 aromatic carbocycles. The molecule has 1 aromatic heterocycles. The summed E-state index contributed by atoms with van der Waals surface area (Å²) in [5.41, 5.74) is 0. The molecule has 0 bridgehead atoms. The summed E-state index contributed by atoms with van der Waals surface area (Å²) in [4.78, 5) is 10.9. The van der Waals surface area contributed by atoms with Gasteiger partial charge in [0.05, 0.1) is 0 Å². The monoisotopic (exact) mass is 307 g/mol. The van der Waals surface area contributed by atoms with Crippen LogP contribution in [0.15, 0.2) is 4.42 Å². The lowest BCUT2D eigenvalue weighted by Gasteiger charge is -2.28. The van der Waals surface area contributed by atoms with Crippen molar-refractivity contribution >= 4 is 5.91 Å². The third-order valence-electron chi connectivity index (χ3n) is 3.43. The molecule has 0 radical (unpaired) electrons. The summed E-state index contributed by atoms with van der Waals surface area (Å²) in [6, 6.07) is -0.570. The van der Waals surface area contributed by atoms with Crippen LogP contribution in [-0.4, -0.2) is 33.4 Å². The predicted octanol–water partition coefficient (Wildman–Crippen LogP) is 1.83. The van der Waals surface area contributed by atoms with Gasteiger partial charge in [0.25, 0.3) is 0 Å². The lowest BCUT2D eigenvalue weighted by atomic mass is 9.85. The van der Waals surface area contributed by atoms with Crippen LogP contribution in [0, 0.1) is 0 Å². The van der Waals surface area contributed by atoms with Crippen LogP contribution in [0.4, 0.5) is 13.2 Å². The second-order valence-electron chi connectivity index (χ2n) is 5.19. The third kappa shape index (κ3) is 3.93. The highest BCUT2D eigenvalue weighted by molar-refractivity contribution is 5.81. The maximum Gasteiger partial charge on any atom is 0.471 e. The summed E-state index contributed by atoms with van der Waals surface area (Å²) in [6.07, 6.45) is -3.63. The Hall–Kier alpha value is -1.64. The Kier molecular flexibility index (Phi) is 4.50. The number of nitrogens with zero attached hydrogens (tertiary/aromatic N) is 2. The molecule has 1 amide bonds. The van der Waals surface area contributed by atoms with Gasteiger partial charge in [0.2, 0.25) is 11.8 Å². The maximum atomic E-state index is 12.2. The quantitative estimate of drug-likeness (QED) is 0.889. The van der Waals surface area contributed by atoms with Crippen molar-refractivity contribution in [1.82, 2.24) is 15.5 Å². The molecule has 118 valence electrons. The number of nitrogens with one attached hydrogen (secondary N) is 1. The fourth-order valence-corrected chi connectivity index (χ4v) is 2.39. The Morgan fingerprint density at radius 3 is 2.71 bits per heavy atom. The number of halogens is 3. The van der Waals surface area contributed by atoms with Crippen molar-refractivity contribution in [3.63, 3.8) is 0 Å². The van der Waals surface area contributed by atoms with Crippen molar-refractivity contribution in [3.8, 4) is 0 Å². The molecule has 2 N–H and O–H groups in total. The molecule has 21 heavy (non-hydrogen) atoms. The molecular formula is C12H16F3N3O3. The van der Waals surface area contributed by atoms with E-state index in [1.165, 1.54) is 6.92 Å². The number of alkyl halides is 3. The molecular weight excluding hydrogens is 291 g/mol. The zero-order chi connectivity index (χ0) is 15.6. The minimum Gasteiger partial charge on any atom is -0.422 e. The molecule has 1 heterocycles. The van der Waals surface area contributed by atoms with E-state index in [0.29, 0.717) is 25.7 Å². The zero-order valence-corrected chi connectivity index (χ0v) is 11.4. The second-order valence-corrected chi connectivity index (χ2v) is 5.19. The number of hydrogen-bond acceptors (Lipinski definition) is 5. The van der Waals surface area contributed by atoms with E-state index < -0.39 is 24.2 Å². The Labute approximate surface area is 118 Å². The SMILES string of the molecule is C[C@@H](O)c1nnc(C2CCCC(NC(=O)C(F)(F)F)C2)o1. The molecule has 1 saturated carbocycles. The second kappa shape index (κ2) is 6.00.